The smallest absolute Gasteiger partial charge is 0.408 e. The van der Waals surface area contributed by atoms with Crippen molar-refractivity contribution in [1.29, 1.82) is 0 Å². The number of carbonyl (C=O) groups excluding carboxylic acids is 3. The van der Waals surface area contributed by atoms with E-state index < -0.39 is 45.6 Å². The Balaban J connectivity index is 1.65. The molecule has 1 aromatic rings. The van der Waals surface area contributed by atoms with Crippen LogP contribution in [0.15, 0.2) is 30.3 Å². The van der Waals surface area contributed by atoms with Crippen molar-refractivity contribution in [3.63, 3.8) is 0 Å². The summed E-state index contributed by atoms with van der Waals surface area (Å²) < 4.78 is 40.3. The summed E-state index contributed by atoms with van der Waals surface area (Å²) in [6.07, 6.45) is 2.60. The number of alkyl carbamates (subject to hydrolysis) is 1. The summed E-state index contributed by atoms with van der Waals surface area (Å²) in [7, 11) is -5.18. The molecule has 3 amide bonds. The molecule has 12 heteroatoms. The van der Waals surface area contributed by atoms with Crippen LogP contribution in [0.4, 0.5) is 4.79 Å². The summed E-state index contributed by atoms with van der Waals surface area (Å²) >= 11 is 0. The van der Waals surface area contributed by atoms with Gasteiger partial charge in [-0.1, -0.05) is 44.2 Å². The van der Waals surface area contributed by atoms with E-state index in [9.17, 15) is 32.5 Å². The summed E-state index contributed by atoms with van der Waals surface area (Å²) in [6, 6.07) is 7.31. The van der Waals surface area contributed by atoms with Crippen LogP contribution in [0.5, 0.6) is 0 Å². The van der Waals surface area contributed by atoms with Gasteiger partial charge in [0.1, 0.15) is 22.3 Å². The third-order valence-electron chi connectivity index (χ3n) is 7.17. The van der Waals surface area contributed by atoms with E-state index in [0.29, 0.717) is 19.4 Å². The summed E-state index contributed by atoms with van der Waals surface area (Å²) in [5, 5.41) is 17.7. The molecule has 3 unspecified atom stereocenters. The lowest BCUT2D eigenvalue weighted by Crippen LogP contribution is -2.55. The first kappa shape index (κ1) is 29.9. The van der Waals surface area contributed by atoms with E-state index in [1.165, 1.54) is 0 Å². The summed E-state index contributed by atoms with van der Waals surface area (Å²) in [5.41, 5.74) is -1.29. The molecule has 11 nitrogen and oxygen atoms in total. The van der Waals surface area contributed by atoms with E-state index in [0.717, 1.165) is 24.8 Å². The van der Waals surface area contributed by atoms with Crippen LogP contribution in [-0.4, -0.2) is 66.2 Å². The molecule has 0 aromatic heterocycles. The molecule has 2 fully saturated rings. The normalized spacial score (nSPS) is 23.9. The largest absolute Gasteiger partial charge is 0.746 e. The minimum atomic E-state index is -5.18. The van der Waals surface area contributed by atoms with Crippen LogP contribution in [0.25, 0.3) is 0 Å². The molecule has 1 saturated heterocycles. The lowest BCUT2D eigenvalue weighted by atomic mass is 9.96. The van der Waals surface area contributed by atoms with Gasteiger partial charge in [-0.25, -0.2) is 13.2 Å². The van der Waals surface area contributed by atoms with E-state index in [-0.39, 0.29) is 36.7 Å². The number of aliphatic hydroxyl groups excluding tert-OH is 1. The SMILES string of the molecule is CC(C)C[C@H](NC(=O)OC1CCCC1Cc1ccccc1)C(=O)N[C@@H](C[C@@H]1CCNC1=O)C(O)S(=O)(=O)[O-]. The van der Waals surface area contributed by atoms with E-state index in [1.807, 2.05) is 44.2 Å². The van der Waals surface area contributed by atoms with Crippen molar-refractivity contribution in [1.82, 2.24) is 16.0 Å². The molecule has 1 aliphatic heterocycles. The van der Waals surface area contributed by atoms with Crippen molar-refractivity contribution in [3.8, 4) is 0 Å². The van der Waals surface area contributed by atoms with Gasteiger partial charge in [-0.2, -0.15) is 0 Å². The predicted octanol–water partition coefficient (Wildman–Crippen LogP) is 1.41. The zero-order chi connectivity index (χ0) is 27.9. The molecule has 0 radical (unpaired) electrons. The fourth-order valence-electron chi connectivity index (χ4n) is 5.23. The number of hydrogen-bond acceptors (Lipinski definition) is 8. The Kier molecular flexibility index (Phi) is 10.5. The molecule has 6 atom stereocenters. The fourth-order valence-corrected chi connectivity index (χ4v) is 5.81. The van der Waals surface area contributed by atoms with Gasteiger partial charge < -0.3 is 30.3 Å². The number of ether oxygens (including phenoxy) is 1. The van der Waals surface area contributed by atoms with E-state index in [1.54, 1.807) is 0 Å². The van der Waals surface area contributed by atoms with Crippen molar-refractivity contribution in [2.75, 3.05) is 6.54 Å². The first-order valence-electron chi connectivity index (χ1n) is 13.2. The molecular formula is C26H38N3O8S-. The highest BCUT2D eigenvalue weighted by atomic mass is 32.2. The first-order chi connectivity index (χ1) is 17.9. The predicted molar refractivity (Wildman–Crippen MR) is 138 cm³/mol. The van der Waals surface area contributed by atoms with Gasteiger partial charge >= 0.3 is 6.09 Å². The molecule has 38 heavy (non-hydrogen) atoms. The molecular weight excluding hydrogens is 514 g/mol. The third-order valence-corrected chi connectivity index (χ3v) is 8.09. The Morgan fingerprint density at radius 2 is 1.87 bits per heavy atom. The fraction of sp³-hybridized carbons (Fsp3) is 0.654. The molecule has 212 valence electrons. The number of amides is 3. The Morgan fingerprint density at radius 1 is 1.16 bits per heavy atom. The van der Waals surface area contributed by atoms with Crippen LogP contribution < -0.4 is 16.0 Å². The van der Waals surface area contributed by atoms with Gasteiger partial charge in [0, 0.05) is 18.4 Å². The maximum absolute atomic E-state index is 13.2. The number of carbonyl (C=O) groups is 3. The molecule has 1 saturated carbocycles. The molecule has 3 rings (SSSR count). The van der Waals surface area contributed by atoms with Crippen LogP contribution in [0, 0.1) is 17.8 Å². The summed E-state index contributed by atoms with van der Waals surface area (Å²) in [4.78, 5) is 38.0. The highest BCUT2D eigenvalue weighted by Gasteiger charge is 2.36. The van der Waals surface area contributed by atoms with Crippen LogP contribution in [0.3, 0.4) is 0 Å². The van der Waals surface area contributed by atoms with Gasteiger partial charge in [0.2, 0.25) is 11.8 Å². The minimum absolute atomic E-state index is 0.0319. The maximum atomic E-state index is 13.2. The second-order valence-electron chi connectivity index (χ2n) is 10.7. The average molecular weight is 553 g/mol. The number of aliphatic hydroxyl groups is 1. The molecule has 4 N–H and O–H groups in total. The monoisotopic (exact) mass is 552 g/mol. The van der Waals surface area contributed by atoms with Crippen LogP contribution in [0.1, 0.15) is 57.9 Å². The second kappa shape index (κ2) is 13.4. The number of benzene rings is 1. The van der Waals surface area contributed by atoms with E-state index in [2.05, 4.69) is 16.0 Å². The molecule has 1 heterocycles. The second-order valence-corrected chi connectivity index (χ2v) is 12.1. The Bertz CT molecular complexity index is 1070. The Labute approximate surface area is 223 Å². The molecule has 2 aliphatic rings. The molecule has 1 aliphatic carbocycles. The van der Waals surface area contributed by atoms with Crippen molar-refractivity contribution in [2.24, 2.45) is 17.8 Å². The van der Waals surface area contributed by atoms with Gasteiger partial charge in [0.15, 0.2) is 5.44 Å². The molecule has 0 spiro atoms. The summed E-state index contributed by atoms with van der Waals surface area (Å²) in [5.74, 6) is -1.66. The quantitative estimate of drug-likeness (QED) is 0.282. The topological polar surface area (TPSA) is 174 Å². The van der Waals surface area contributed by atoms with Gasteiger partial charge in [-0.05, 0) is 56.4 Å². The number of hydrogen-bond donors (Lipinski definition) is 4. The summed E-state index contributed by atoms with van der Waals surface area (Å²) in [6.45, 7) is 4.06. The van der Waals surface area contributed by atoms with Gasteiger partial charge in [-0.15, -0.1) is 0 Å². The molecule has 1 aromatic carbocycles. The van der Waals surface area contributed by atoms with Gasteiger partial charge in [-0.3, -0.25) is 9.59 Å². The van der Waals surface area contributed by atoms with E-state index >= 15 is 0 Å². The number of nitrogens with one attached hydrogen (secondary N) is 3. The number of rotatable bonds is 12. The molecule has 0 bridgehead atoms. The highest BCUT2D eigenvalue weighted by Crippen LogP contribution is 2.31. The van der Waals surface area contributed by atoms with Crippen LogP contribution in [0.2, 0.25) is 0 Å². The van der Waals surface area contributed by atoms with Crippen molar-refractivity contribution >= 4 is 28.0 Å². The van der Waals surface area contributed by atoms with Crippen LogP contribution in [-0.2, 0) is 30.9 Å². The zero-order valence-electron chi connectivity index (χ0n) is 21.8. The van der Waals surface area contributed by atoms with Crippen molar-refractivity contribution in [2.45, 2.75) is 82.4 Å². The lowest BCUT2D eigenvalue weighted by Gasteiger charge is -2.30. The minimum Gasteiger partial charge on any atom is -0.746 e. The Morgan fingerprint density at radius 3 is 2.47 bits per heavy atom. The Hall–Kier alpha value is -2.70. The third kappa shape index (κ3) is 8.67. The van der Waals surface area contributed by atoms with Crippen LogP contribution >= 0.6 is 0 Å². The van der Waals surface area contributed by atoms with Crippen molar-refractivity contribution in [3.05, 3.63) is 35.9 Å². The van der Waals surface area contributed by atoms with Crippen molar-refractivity contribution < 1.29 is 37.2 Å². The average Bonchev–Trinajstić information content (AvgIpc) is 3.45. The standard InChI is InChI=1S/C26H39N3O8S/c1-16(2)13-20(24(31)28-21(25(32)38(34,35)36)15-19-11-12-27-23(19)30)29-26(33)37-22-10-6-9-18(22)14-17-7-4-3-5-8-17/h3-5,7-8,16,18-22,25,32H,6,9-15H2,1-2H3,(H,27,30)(H,28,31)(H,29,33)(H,34,35,36)/p-1/t18?,19-,20-,21-,22?,25?/m0/s1. The lowest BCUT2D eigenvalue weighted by molar-refractivity contribution is -0.126. The van der Waals surface area contributed by atoms with E-state index in [4.69, 9.17) is 4.74 Å². The van der Waals surface area contributed by atoms with Gasteiger partial charge in [0.25, 0.3) is 0 Å². The maximum Gasteiger partial charge on any atom is 0.408 e. The highest BCUT2D eigenvalue weighted by molar-refractivity contribution is 7.86. The first-order valence-corrected chi connectivity index (χ1v) is 14.6. The zero-order valence-corrected chi connectivity index (χ0v) is 22.6. The van der Waals surface area contributed by atoms with Gasteiger partial charge in [0.05, 0.1) is 6.04 Å².